The molecule has 0 aliphatic carbocycles. The maximum absolute atomic E-state index is 4.33. The maximum Gasteiger partial charge on any atom is 0.124 e. The highest BCUT2D eigenvalue weighted by atomic mass is 79.9. The molecular formula is C8H14BrN3. The van der Waals surface area contributed by atoms with Gasteiger partial charge in [-0.25, -0.2) is 4.98 Å². The van der Waals surface area contributed by atoms with Crippen LogP contribution in [0.3, 0.4) is 0 Å². The molecule has 0 radical (unpaired) electrons. The van der Waals surface area contributed by atoms with E-state index in [1.807, 2.05) is 13.2 Å². The first-order chi connectivity index (χ1) is 5.77. The summed E-state index contributed by atoms with van der Waals surface area (Å²) in [5, 5.41) is 3.11. The Bertz CT molecular complexity index is 244. The SMILES string of the molecule is CCc1nc(Br)cn1CCNC. The van der Waals surface area contributed by atoms with Gasteiger partial charge in [-0.1, -0.05) is 6.92 Å². The van der Waals surface area contributed by atoms with E-state index in [0.717, 1.165) is 29.9 Å². The molecule has 0 aromatic carbocycles. The Hall–Kier alpha value is -0.350. The van der Waals surface area contributed by atoms with Crippen molar-refractivity contribution < 1.29 is 0 Å². The fourth-order valence-electron chi connectivity index (χ4n) is 1.13. The van der Waals surface area contributed by atoms with Gasteiger partial charge in [0.2, 0.25) is 0 Å². The molecular weight excluding hydrogens is 218 g/mol. The lowest BCUT2D eigenvalue weighted by Crippen LogP contribution is -2.15. The Morgan fingerprint density at radius 3 is 3.00 bits per heavy atom. The molecule has 1 aromatic heterocycles. The quantitative estimate of drug-likeness (QED) is 0.850. The number of aryl methyl sites for hydroxylation is 1. The van der Waals surface area contributed by atoms with Crippen LogP contribution in [0.1, 0.15) is 12.7 Å². The molecule has 3 nitrogen and oxygen atoms in total. The fraction of sp³-hybridized carbons (Fsp3) is 0.625. The lowest BCUT2D eigenvalue weighted by molar-refractivity contribution is 0.618. The summed E-state index contributed by atoms with van der Waals surface area (Å²) >= 11 is 3.36. The molecule has 0 aliphatic rings. The van der Waals surface area contributed by atoms with Crippen LogP contribution >= 0.6 is 15.9 Å². The first kappa shape index (κ1) is 9.74. The molecule has 0 spiro atoms. The van der Waals surface area contributed by atoms with Gasteiger partial charge >= 0.3 is 0 Å². The van der Waals surface area contributed by atoms with E-state index >= 15 is 0 Å². The monoisotopic (exact) mass is 231 g/mol. The van der Waals surface area contributed by atoms with E-state index in [1.165, 1.54) is 0 Å². The van der Waals surface area contributed by atoms with Crippen molar-refractivity contribution >= 4 is 15.9 Å². The van der Waals surface area contributed by atoms with Gasteiger partial charge in [0.15, 0.2) is 0 Å². The van der Waals surface area contributed by atoms with Crippen LogP contribution in [0.25, 0.3) is 0 Å². The van der Waals surface area contributed by atoms with Crippen LogP contribution in [0.2, 0.25) is 0 Å². The molecule has 0 saturated heterocycles. The van der Waals surface area contributed by atoms with Crippen molar-refractivity contribution in [3.05, 3.63) is 16.6 Å². The Balaban J connectivity index is 2.68. The largest absolute Gasteiger partial charge is 0.332 e. The van der Waals surface area contributed by atoms with Gasteiger partial charge in [0.05, 0.1) is 0 Å². The van der Waals surface area contributed by atoms with Crippen LogP contribution < -0.4 is 5.32 Å². The Labute approximate surface area is 81.3 Å². The van der Waals surface area contributed by atoms with Crippen LogP contribution in [0.4, 0.5) is 0 Å². The second-order valence-electron chi connectivity index (χ2n) is 2.63. The summed E-state index contributed by atoms with van der Waals surface area (Å²) in [6, 6.07) is 0. The van der Waals surface area contributed by atoms with Crippen molar-refractivity contribution in [3.63, 3.8) is 0 Å². The van der Waals surface area contributed by atoms with Crippen molar-refractivity contribution in [1.82, 2.24) is 14.9 Å². The molecule has 1 aromatic rings. The van der Waals surface area contributed by atoms with Crippen molar-refractivity contribution in [2.75, 3.05) is 13.6 Å². The molecule has 0 aliphatic heterocycles. The van der Waals surface area contributed by atoms with E-state index in [2.05, 4.69) is 37.7 Å². The van der Waals surface area contributed by atoms with E-state index in [1.54, 1.807) is 0 Å². The van der Waals surface area contributed by atoms with Gasteiger partial charge in [-0.3, -0.25) is 0 Å². The number of likely N-dealkylation sites (N-methyl/N-ethyl adjacent to an activating group) is 1. The minimum atomic E-state index is 0.926. The third-order valence-corrected chi connectivity index (χ3v) is 2.13. The zero-order valence-corrected chi connectivity index (χ0v) is 9.06. The van der Waals surface area contributed by atoms with E-state index in [0.29, 0.717) is 0 Å². The standard InChI is InChI=1S/C8H14BrN3/c1-3-8-11-7(9)6-12(8)5-4-10-2/h6,10H,3-5H2,1-2H3. The number of aromatic nitrogens is 2. The van der Waals surface area contributed by atoms with E-state index in [-0.39, 0.29) is 0 Å². The van der Waals surface area contributed by atoms with Crippen LogP contribution in [-0.4, -0.2) is 23.1 Å². The Morgan fingerprint density at radius 1 is 1.67 bits per heavy atom. The highest BCUT2D eigenvalue weighted by Crippen LogP contribution is 2.09. The molecule has 12 heavy (non-hydrogen) atoms. The van der Waals surface area contributed by atoms with Gasteiger partial charge in [0.25, 0.3) is 0 Å². The van der Waals surface area contributed by atoms with E-state index in [9.17, 15) is 0 Å². The van der Waals surface area contributed by atoms with E-state index < -0.39 is 0 Å². The molecule has 1 N–H and O–H groups in total. The predicted octanol–water partition coefficient (Wildman–Crippen LogP) is 1.43. The number of hydrogen-bond acceptors (Lipinski definition) is 2. The highest BCUT2D eigenvalue weighted by molar-refractivity contribution is 9.10. The maximum atomic E-state index is 4.33. The molecule has 1 rings (SSSR count). The lowest BCUT2D eigenvalue weighted by Gasteiger charge is -2.04. The van der Waals surface area contributed by atoms with E-state index in [4.69, 9.17) is 0 Å². The van der Waals surface area contributed by atoms with Gasteiger partial charge in [-0.05, 0) is 23.0 Å². The molecule has 1 heterocycles. The third-order valence-electron chi connectivity index (χ3n) is 1.75. The Kier molecular flexibility index (Phi) is 3.75. The van der Waals surface area contributed by atoms with Gasteiger partial charge in [0.1, 0.15) is 10.4 Å². The zero-order valence-electron chi connectivity index (χ0n) is 7.47. The summed E-state index contributed by atoms with van der Waals surface area (Å²) in [6.07, 6.45) is 3.01. The van der Waals surface area contributed by atoms with Crippen molar-refractivity contribution in [1.29, 1.82) is 0 Å². The average Bonchev–Trinajstić information content (AvgIpc) is 2.42. The molecule has 0 bridgehead atoms. The number of nitrogens with one attached hydrogen (secondary N) is 1. The smallest absolute Gasteiger partial charge is 0.124 e. The Morgan fingerprint density at radius 2 is 2.42 bits per heavy atom. The van der Waals surface area contributed by atoms with Gasteiger partial charge < -0.3 is 9.88 Å². The molecule has 0 fully saturated rings. The number of halogens is 1. The topological polar surface area (TPSA) is 29.9 Å². The predicted molar refractivity (Wildman–Crippen MR) is 53.2 cm³/mol. The van der Waals surface area contributed by atoms with Gasteiger partial charge in [-0.15, -0.1) is 0 Å². The number of hydrogen-bond donors (Lipinski definition) is 1. The average molecular weight is 232 g/mol. The molecule has 0 amide bonds. The van der Waals surface area contributed by atoms with Crippen LogP contribution in [0.5, 0.6) is 0 Å². The van der Waals surface area contributed by atoms with Gasteiger partial charge in [0, 0.05) is 25.7 Å². The molecule has 0 unspecified atom stereocenters. The molecule has 0 atom stereocenters. The lowest BCUT2D eigenvalue weighted by atomic mass is 10.4. The molecule has 4 heteroatoms. The summed E-state index contributed by atoms with van der Waals surface area (Å²) in [4.78, 5) is 4.33. The highest BCUT2D eigenvalue weighted by Gasteiger charge is 2.02. The normalized spacial score (nSPS) is 10.6. The second-order valence-corrected chi connectivity index (χ2v) is 3.44. The second kappa shape index (κ2) is 4.62. The minimum absolute atomic E-state index is 0.926. The first-order valence-electron chi connectivity index (χ1n) is 4.14. The summed E-state index contributed by atoms with van der Waals surface area (Å²) in [6.45, 7) is 4.08. The minimum Gasteiger partial charge on any atom is -0.332 e. The van der Waals surface area contributed by atoms with Crippen molar-refractivity contribution in [2.45, 2.75) is 19.9 Å². The summed E-state index contributed by atoms with van der Waals surface area (Å²) in [5.41, 5.74) is 0. The first-order valence-corrected chi connectivity index (χ1v) is 4.93. The molecule has 68 valence electrons. The summed E-state index contributed by atoms with van der Waals surface area (Å²) in [7, 11) is 1.96. The summed E-state index contributed by atoms with van der Waals surface area (Å²) < 4.78 is 3.09. The molecule has 0 saturated carbocycles. The fourth-order valence-corrected chi connectivity index (χ4v) is 1.58. The number of nitrogens with zero attached hydrogens (tertiary/aromatic N) is 2. The van der Waals surface area contributed by atoms with Crippen molar-refractivity contribution in [2.24, 2.45) is 0 Å². The number of imidazole rings is 1. The van der Waals surface area contributed by atoms with Crippen LogP contribution in [0.15, 0.2) is 10.8 Å². The van der Waals surface area contributed by atoms with Crippen molar-refractivity contribution in [3.8, 4) is 0 Å². The number of rotatable bonds is 4. The zero-order chi connectivity index (χ0) is 8.97. The van der Waals surface area contributed by atoms with Crippen LogP contribution in [0, 0.1) is 0 Å². The van der Waals surface area contributed by atoms with Gasteiger partial charge in [-0.2, -0.15) is 0 Å². The summed E-state index contributed by atoms with van der Waals surface area (Å²) in [5.74, 6) is 1.14. The van der Waals surface area contributed by atoms with Crippen LogP contribution in [-0.2, 0) is 13.0 Å². The third kappa shape index (κ3) is 2.32.